The van der Waals surface area contributed by atoms with Crippen LogP contribution in [0.5, 0.6) is 5.75 Å². The summed E-state index contributed by atoms with van der Waals surface area (Å²) in [6, 6.07) is 11.4. The Hall–Kier alpha value is -1.51. The van der Waals surface area contributed by atoms with Gasteiger partial charge in [0.1, 0.15) is 11.9 Å². The average Bonchev–Trinajstić information content (AvgIpc) is 2.43. The summed E-state index contributed by atoms with van der Waals surface area (Å²) in [7, 11) is 0. The van der Waals surface area contributed by atoms with Crippen LogP contribution in [0.4, 0.5) is 0 Å². The molecule has 0 saturated heterocycles. The van der Waals surface area contributed by atoms with Crippen molar-refractivity contribution in [3.05, 3.63) is 63.7 Å². The van der Waals surface area contributed by atoms with Gasteiger partial charge in [-0.05, 0) is 56.2 Å². The van der Waals surface area contributed by atoms with E-state index in [0.29, 0.717) is 17.4 Å². The Labute approximate surface area is 125 Å². The predicted octanol–water partition coefficient (Wildman–Crippen LogP) is 4.44. The summed E-state index contributed by atoms with van der Waals surface area (Å²) >= 11 is 6.04. The molecule has 0 bridgehead atoms. The highest BCUT2D eigenvalue weighted by atomic mass is 35.5. The predicted molar refractivity (Wildman–Crippen MR) is 82.6 cm³/mol. The lowest BCUT2D eigenvalue weighted by Gasteiger charge is -2.18. The van der Waals surface area contributed by atoms with E-state index in [1.807, 2.05) is 51.1 Å². The van der Waals surface area contributed by atoms with E-state index in [1.165, 1.54) is 0 Å². The molecule has 0 aromatic heterocycles. The first-order valence-corrected chi connectivity index (χ1v) is 7.08. The number of hydrogen-bond acceptors (Lipinski definition) is 2. The molecule has 0 aliphatic carbocycles. The van der Waals surface area contributed by atoms with Gasteiger partial charge in [-0.25, -0.2) is 0 Å². The maximum absolute atomic E-state index is 10.7. The van der Waals surface area contributed by atoms with E-state index >= 15 is 0 Å². The molecule has 106 valence electrons. The topological polar surface area (TPSA) is 29.5 Å². The summed E-state index contributed by atoms with van der Waals surface area (Å²) in [6.45, 7) is 6.46. The van der Waals surface area contributed by atoms with Crippen molar-refractivity contribution in [1.29, 1.82) is 0 Å². The Kier molecular flexibility index (Phi) is 4.69. The Morgan fingerprint density at radius 2 is 1.85 bits per heavy atom. The van der Waals surface area contributed by atoms with E-state index in [2.05, 4.69) is 0 Å². The van der Waals surface area contributed by atoms with Gasteiger partial charge in [-0.2, -0.15) is 0 Å². The fourth-order valence-corrected chi connectivity index (χ4v) is 2.42. The highest BCUT2D eigenvalue weighted by Gasteiger charge is 2.18. The average molecular weight is 291 g/mol. The minimum absolute atomic E-state index is 0.567. The zero-order valence-electron chi connectivity index (χ0n) is 12.0. The first-order chi connectivity index (χ1) is 9.52. The number of aliphatic hydroxyl groups is 1. The fraction of sp³-hybridized carbons (Fsp3) is 0.294. The molecule has 0 spiro atoms. The zero-order valence-corrected chi connectivity index (χ0v) is 12.7. The van der Waals surface area contributed by atoms with E-state index in [0.717, 1.165) is 22.3 Å². The molecule has 1 unspecified atom stereocenters. The molecule has 0 saturated carbocycles. The van der Waals surface area contributed by atoms with Crippen molar-refractivity contribution in [2.75, 3.05) is 6.61 Å². The number of aliphatic hydroxyl groups excluding tert-OH is 1. The zero-order chi connectivity index (χ0) is 14.7. The van der Waals surface area contributed by atoms with Crippen LogP contribution in [0.25, 0.3) is 0 Å². The van der Waals surface area contributed by atoms with Crippen molar-refractivity contribution in [2.24, 2.45) is 0 Å². The molecule has 3 heteroatoms. The molecule has 0 aliphatic rings. The first-order valence-electron chi connectivity index (χ1n) is 6.70. The van der Waals surface area contributed by atoms with Crippen molar-refractivity contribution >= 4 is 11.6 Å². The first kappa shape index (κ1) is 14.9. The highest BCUT2D eigenvalue weighted by Crippen LogP contribution is 2.33. The van der Waals surface area contributed by atoms with Crippen LogP contribution in [0.2, 0.25) is 5.02 Å². The van der Waals surface area contributed by atoms with Crippen molar-refractivity contribution < 1.29 is 9.84 Å². The van der Waals surface area contributed by atoms with Gasteiger partial charge in [0.25, 0.3) is 0 Å². The van der Waals surface area contributed by atoms with Crippen LogP contribution in [0.1, 0.15) is 35.3 Å². The van der Waals surface area contributed by atoms with Crippen LogP contribution < -0.4 is 4.74 Å². The molecule has 0 aliphatic heterocycles. The van der Waals surface area contributed by atoms with Crippen molar-refractivity contribution in [3.8, 4) is 5.75 Å². The Bertz CT molecular complexity index is 608. The molecule has 0 heterocycles. The SMILES string of the molecule is CCOc1ccc(C)cc1C(O)c1cc(Cl)ccc1C. The molecular weight excluding hydrogens is 272 g/mol. The maximum Gasteiger partial charge on any atom is 0.125 e. The summed E-state index contributed by atoms with van der Waals surface area (Å²) in [5.74, 6) is 0.713. The van der Waals surface area contributed by atoms with Crippen molar-refractivity contribution in [3.63, 3.8) is 0 Å². The maximum atomic E-state index is 10.7. The quantitative estimate of drug-likeness (QED) is 0.902. The molecule has 2 aromatic carbocycles. The van der Waals surface area contributed by atoms with Gasteiger partial charge in [0, 0.05) is 10.6 Å². The molecule has 0 amide bonds. The van der Waals surface area contributed by atoms with Gasteiger partial charge in [-0.1, -0.05) is 29.3 Å². The number of rotatable bonds is 4. The third-order valence-corrected chi connectivity index (χ3v) is 3.53. The van der Waals surface area contributed by atoms with Gasteiger partial charge in [0.05, 0.1) is 6.61 Å². The second-order valence-corrected chi connectivity index (χ2v) is 5.31. The van der Waals surface area contributed by atoms with Crippen LogP contribution in [0.15, 0.2) is 36.4 Å². The smallest absolute Gasteiger partial charge is 0.125 e. The third-order valence-electron chi connectivity index (χ3n) is 3.30. The number of ether oxygens (including phenoxy) is 1. The minimum Gasteiger partial charge on any atom is -0.493 e. The van der Waals surface area contributed by atoms with Crippen LogP contribution in [-0.2, 0) is 0 Å². The van der Waals surface area contributed by atoms with E-state index in [1.54, 1.807) is 6.07 Å². The Morgan fingerprint density at radius 1 is 1.10 bits per heavy atom. The van der Waals surface area contributed by atoms with Crippen molar-refractivity contribution in [1.82, 2.24) is 0 Å². The lowest BCUT2D eigenvalue weighted by Crippen LogP contribution is -2.06. The van der Waals surface area contributed by atoms with Gasteiger partial charge >= 0.3 is 0 Å². The molecule has 0 radical (unpaired) electrons. The van der Waals surface area contributed by atoms with Gasteiger partial charge in [-0.3, -0.25) is 0 Å². The lowest BCUT2D eigenvalue weighted by molar-refractivity contribution is 0.211. The van der Waals surface area contributed by atoms with Crippen LogP contribution in [0.3, 0.4) is 0 Å². The summed E-state index contributed by atoms with van der Waals surface area (Å²) in [5.41, 5.74) is 3.68. The lowest BCUT2D eigenvalue weighted by atomic mass is 9.96. The van der Waals surface area contributed by atoms with Crippen LogP contribution in [-0.4, -0.2) is 11.7 Å². The summed E-state index contributed by atoms with van der Waals surface area (Å²) in [4.78, 5) is 0. The number of hydrogen-bond donors (Lipinski definition) is 1. The van der Waals surface area contributed by atoms with Gasteiger partial charge in [-0.15, -0.1) is 0 Å². The number of halogens is 1. The second kappa shape index (κ2) is 6.29. The van der Waals surface area contributed by atoms with Crippen molar-refractivity contribution in [2.45, 2.75) is 26.9 Å². The molecule has 20 heavy (non-hydrogen) atoms. The highest BCUT2D eigenvalue weighted by molar-refractivity contribution is 6.30. The molecular formula is C17H19ClO2. The second-order valence-electron chi connectivity index (χ2n) is 4.88. The minimum atomic E-state index is -0.741. The van der Waals surface area contributed by atoms with Gasteiger partial charge in [0.2, 0.25) is 0 Å². The standard InChI is InChI=1S/C17H19ClO2/c1-4-20-16-8-5-11(2)9-15(16)17(19)14-10-13(18)7-6-12(14)3/h5-10,17,19H,4H2,1-3H3. The number of aryl methyl sites for hydroxylation is 2. The Morgan fingerprint density at radius 3 is 2.55 bits per heavy atom. The summed E-state index contributed by atoms with van der Waals surface area (Å²) < 4.78 is 5.61. The number of benzene rings is 2. The summed E-state index contributed by atoms with van der Waals surface area (Å²) in [5, 5.41) is 11.3. The van der Waals surface area contributed by atoms with Crippen LogP contribution >= 0.6 is 11.6 Å². The Balaban J connectivity index is 2.49. The van der Waals surface area contributed by atoms with E-state index < -0.39 is 6.10 Å². The summed E-state index contributed by atoms with van der Waals surface area (Å²) in [6.07, 6.45) is -0.741. The van der Waals surface area contributed by atoms with Gasteiger partial charge in [0.15, 0.2) is 0 Å². The molecule has 2 rings (SSSR count). The molecule has 2 aromatic rings. The molecule has 1 N–H and O–H groups in total. The normalized spacial score (nSPS) is 12.2. The fourth-order valence-electron chi connectivity index (χ4n) is 2.24. The van der Waals surface area contributed by atoms with Crippen LogP contribution in [0, 0.1) is 13.8 Å². The van der Waals surface area contributed by atoms with E-state index in [4.69, 9.17) is 16.3 Å². The van der Waals surface area contributed by atoms with E-state index in [-0.39, 0.29) is 0 Å². The molecule has 0 fully saturated rings. The largest absolute Gasteiger partial charge is 0.493 e. The van der Waals surface area contributed by atoms with E-state index in [9.17, 15) is 5.11 Å². The molecule has 1 atom stereocenters. The third kappa shape index (κ3) is 3.14. The monoisotopic (exact) mass is 290 g/mol. The van der Waals surface area contributed by atoms with Gasteiger partial charge < -0.3 is 9.84 Å². The molecule has 2 nitrogen and oxygen atoms in total.